The van der Waals surface area contributed by atoms with Crippen molar-refractivity contribution in [2.24, 2.45) is 7.05 Å². The zero-order valence-electron chi connectivity index (χ0n) is 19.3. The maximum Gasteiger partial charge on any atom is 0.279 e. The molecule has 0 amide bonds. The molecule has 0 aliphatic heterocycles. The Morgan fingerprint density at radius 3 is 2.21 bits per heavy atom. The topological polar surface area (TPSA) is 81.4 Å². The average Bonchev–Trinajstić information content (AvgIpc) is 3.50. The molecule has 0 aliphatic carbocycles. The second-order valence-corrected chi connectivity index (χ2v) is 8.26. The minimum Gasteiger partial charge on any atom is -0.284 e. The van der Waals surface area contributed by atoms with Crippen molar-refractivity contribution in [1.82, 2.24) is 30.0 Å². The van der Waals surface area contributed by atoms with Crippen LogP contribution in [0.2, 0.25) is 0 Å². The minimum atomic E-state index is -0.000231. The largest absolute Gasteiger partial charge is 0.284 e. The van der Waals surface area contributed by atoms with Gasteiger partial charge in [-0.1, -0.05) is 80.1 Å². The molecule has 7 heteroatoms. The molecule has 5 aromatic rings. The fraction of sp³-hybridized carbons (Fsp3) is 0.185. The first-order valence-electron chi connectivity index (χ1n) is 11.5. The van der Waals surface area contributed by atoms with Gasteiger partial charge in [-0.2, -0.15) is 5.21 Å². The van der Waals surface area contributed by atoms with Crippen molar-refractivity contribution in [3.63, 3.8) is 0 Å². The maximum absolute atomic E-state index is 13.7. The van der Waals surface area contributed by atoms with E-state index in [1.165, 1.54) is 0 Å². The monoisotopic (exact) mass is 450 g/mol. The molecule has 3 aromatic carbocycles. The lowest BCUT2D eigenvalue weighted by atomic mass is 9.96. The summed E-state index contributed by atoms with van der Waals surface area (Å²) in [4.78, 5) is 13.7. The first-order chi connectivity index (χ1) is 16.7. The minimum absolute atomic E-state index is 0.000231. The predicted octanol–water partition coefficient (Wildman–Crippen LogP) is 5.03. The lowest BCUT2D eigenvalue weighted by molar-refractivity contribution is 0.603. The van der Waals surface area contributed by atoms with Crippen molar-refractivity contribution in [2.45, 2.75) is 26.2 Å². The van der Waals surface area contributed by atoms with Crippen LogP contribution in [0.4, 0.5) is 0 Å². The van der Waals surface area contributed by atoms with Crippen molar-refractivity contribution in [2.75, 3.05) is 0 Å². The summed E-state index contributed by atoms with van der Waals surface area (Å²) in [6.07, 6.45) is 2.94. The quantitative estimate of drug-likeness (QED) is 0.377. The summed E-state index contributed by atoms with van der Waals surface area (Å²) in [5.74, 6) is 0.551. The van der Waals surface area contributed by atoms with Gasteiger partial charge in [-0.3, -0.25) is 9.48 Å². The number of para-hydroxylation sites is 1. The van der Waals surface area contributed by atoms with Crippen LogP contribution in [0.3, 0.4) is 0 Å². The van der Waals surface area contributed by atoms with Gasteiger partial charge in [0.2, 0.25) is 5.82 Å². The highest BCUT2D eigenvalue weighted by Gasteiger charge is 2.20. The Morgan fingerprint density at radius 2 is 1.53 bits per heavy atom. The molecule has 1 N–H and O–H groups in total. The van der Waals surface area contributed by atoms with Gasteiger partial charge in [0.25, 0.3) is 5.56 Å². The molecule has 0 saturated heterocycles. The van der Waals surface area contributed by atoms with E-state index in [-0.39, 0.29) is 5.56 Å². The smallest absolute Gasteiger partial charge is 0.279 e. The molecule has 0 aliphatic rings. The van der Waals surface area contributed by atoms with Gasteiger partial charge in [0, 0.05) is 18.3 Å². The fourth-order valence-corrected chi connectivity index (χ4v) is 4.45. The predicted molar refractivity (Wildman–Crippen MR) is 134 cm³/mol. The number of nitrogens with zero attached hydrogens (tertiary/aromatic N) is 5. The van der Waals surface area contributed by atoms with Crippen LogP contribution in [0.5, 0.6) is 0 Å². The van der Waals surface area contributed by atoms with E-state index in [2.05, 4.69) is 39.7 Å². The average molecular weight is 451 g/mol. The molecular weight excluding hydrogens is 424 g/mol. The summed E-state index contributed by atoms with van der Waals surface area (Å²) in [6, 6.07) is 25.9. The van der Waals surface area contributed by atoms with Crippen LogP contribution in [0.1, 0.15) is 25.5 Å². The molecular formula is C27H26N6O. The lowest BCUT2D eigenvalue weighted by Crippen LogP contribution is -2.20. The van der Waals surface area contributed by atoms with Crippen LogP contribution in [0.25, 0.3) is 39.3 Å². The molecule has 0 atom stereocenters. The molecule has 2 aromatic heterocycles. The first-order valence-corrected chi connectivity index (χ1v) is 11.5. The molecule has 2 heterocycles. The van der Waals surface area contributed by atoms with E-state index in [9.17, 15) is 4.79 Å². The third kappa shape index (κ3) is 3.85. The molecule has 5 rings (SSSR count). The summed E-state index contributed by atoms with van der Waals surface area (Å²) in [5, 5.41) is 14.5. The zero-order chi connectivity index (χ0) is 23.5. The Kier molecular flexibility index (Phi) is 5.91. The second kappa shape index (κ2) is 9.31. The Balaban J connectivity index is 1.60. The highest BCUT2D eigenvalue weighted by atomic mass is 16.1. The SMILES string of the molecule is CCCCc1c(-c2ccc(-c3ccccc3-c3nn[nH]n3)cc2)c(=O)n(-c2ccccc2)n1C. The molecule has 0 bridgehead atoms. The summed E-state index contributed by atoms with van der Waals surface area (Å²) in [6.45, 7) is 2.17. The number of unbranched alkanes of at least 4 members (excludes halogenated alkanes) is 1. The maximum atomic E-state index is 13.7. The number of hydrogen-bond donors (Lipinski definition) is 1. The Morgan fingerprint density at radius 1 is 0.853 bits per heavy atom. The van der Waals surface area contributed by atoms with Crippen molar-refractivity contribution in [3.05, 3.63) is 94.9 Å². The third-order valence-corrected chi connectivity index (χ3v) is 6.15. The fourth-order valence-electron chi connectivity index (χ4n) is 4.45. The number of rotatable bonds is 7. The summed E-state index contributed by atoms with van der Waals surface area (Å²) in [7, 11) is 1.97. The Bertz CT molecular complexity index is 1450. The van der Waals surface area contributed by atoms with E-state index in [0.29, 0.717) is 5.82 Å². The van der Waals surface area contributed by atoms with Crippen LogP contribution in [0, 0.1) is 0 Å². The molecule has 7 nitrogen and oxygen atoms in total. The van der Waals surface area contributed by atoms with Crippen molar-refractivity contribution in [1.29, 1.82) is 0 Å². The van der Waals surface area contributed by atoms with E-state index in [1.807, 2.05) is 78.5 Å². The number of nitrogens with one attached hydrogen (secondary N) is 1. The number of aromatic amines is 1. The molecule has 170 valence electrons. The standard InChI is InChI=1S/C27H26N6O/c1-3-4-14-24-25(27(34)33(32(24)2)21-10-6-5-7-11-21)20-17-15-19(16-18-20)22-12-8-9-13-23(22)26-28-30-31-29-26/h5-13,15-18H,3-4,14H2,1-2H3,(H,28,29,30,31). The Labute approximate surface area is 197 Å². The van der Waals surface area contributed by atoms with E-state index < -0.39 is 0 Å². The first kappa shape index (κ1) is 21.6. The van der Waals surface area contributed by atoms with Crippen LogP contribution in [-0.2, 0) is 13.5 Å². The van der Waals surface area contributed by atoms with Gasteiger partial charge in [0.1, 0.15) is 0 Å². The van der Waals surface area contributed by atoms with Gasteiger partial charge in [0.15, 0.2) is 0 Å². The van der Waals surface area contributed by atoms with Crippen LogP contribution >= 0.6 is 0 Å². The molecule has 0 radical (unpaired) electrons. The van der Waals surface area contributed by atoms with Gasteiger partial charge in [0.05, 0.1) is 11.3 Å². The van der Waals surface area contributed by atoms with Gasteiger partial charge in [-0.25, -0.2) is 4.68 Å². The van der Waals surface area contributed by atoms with E-state index in [4.69, 9.17) is 0 Å². The lowest BCUT2D eigenvalue weighted by Gasteiger charge is -2.10. The highest BCUT2D eigenvalue weighted by Crippen LogP contribution is 2.32. The van der Waals surface area contributed by atoms with Crippen molar-refractivity contribution in [3.8, 4) is 39.3 Å². The number of benzene rings is 3. The molecule has 0 spiro atoms. The third-order valence-electron chi connectivity index (χ3n) is 6.15. The molecule has 0 fully saturated rings. The van der Waals surface area contributed by atoms with Crippen LogP contribution in [0.15, 0.2) is 83.7 Å². The van der Waals surface area contributed by atoms with Gasteiger partial charge in [-0.15, -0.1) is 10.2 Å². The zero-order valence-corrected chi connectivity index (χ0v) is 19.3. The summed E-state index contributed by atoms with van der Waals surface area (Å²) >= 11 is 0. The second-order valence-electron chi connectivity index (χ2n) is 8.26. The van der Waals surface area contributed by atoms with Gasteiger partial charge in [-0.05, 0) is 46.9 Å². The number of hydrogen-bond acceptors (Lipinski definition) is 4. The summed E-state index contributed by atoms with van der Waals surface area (Å²) < 4.78 is 3.77. The van der Waals surface area contributed by atoms with E-state index >= 15 is 0 Å². The summed E-state index contributed by atoms with van der Waals surface area (Å²) in [5.41, 5.74) is 6.54. The van der Waals surface area contributed by atoms with E-state index in [1.54, 1.807) is 4.68 Å². The van der Waals surface area contributed by atoms with Gasteiger partial charge < -0.3 is 0 Å². The van der Waals surface area contributed by atoms with E-state index in [0.717, 1.165) is 58.5 Å². The van der Waals surface area contributed by atoms with Crippen molar-refractivity contribution < 1.29 is 0 Å². The van der Waals surface area contributed by atoms with Crippen LogP contribution in [-0.4, -0.2) is 30.0 Å². The van der Waals surface area contributed by atoms with Gasteiger partial charge >= 0.3 is 0 Å². The molecule has 34 heavy (non-hydrogen) atoms. The molecule has 0 unspecified atom stereocenters. The van der Waals surface area contributed by atoms with Crippen molar-refractivity contribution >= 4 is 0 Å². The number of aromatic nitrogens is 6. The Hall–Kier alpha value is -4.26. The molecule has 0 saturated carbocycles. The normalized spacial score (nSPS) is 11.1. The van der Waals surface area contributed by atoms with Crippen LogP contribution < -0.4 is 5.56 Å². The highest BCUT2D eigenvalue weighted by molar-refractivity contribution is 5.81. The number of H-pyrrole nitrogens is 1. The number of tetrazole rings is 1.